The van der Waals surface area contributed by atoms with E-state index in [9.17, 15) is 4.79 Å². The van der Waals surface area contributed by atoms with Crippen LogP contribution in [0, 0.1) is 12.8 Å². The summed E-state index contributed by atoms with van der Waals surface area (Å²) < 4.78 is 10.6. The highest BCUT2D eigenvalue weighted by Gasteiger charge is 2.14. The Bertz CT molecular complexity index is 441. The first-order chi connectivity index (χ1) is 8.99. The summed E-state index contributed by atoms with van der Waals surface area (Å²) in [6.45, 7) is 6.75. The first kappa shape index (κ1) is 15.3. The molecule has 4 heteroatoms. The number of nitrogens with one attached hydrogen (secondary N) is 1. The highest BCUT2D eigenvalue weighted by molar-refractivity contribution is 5.79. The van der Waals surface area contributed by atoms with Crippen LogP contribution in [0.3, 0.4) is 0 Å². The van der Waals surface area contributed by atoms with E-state index in [4.69, 9.17) is 9.47 Å². The molecule has 1 amide bonds. The highest BCUT2D eigenvalue weighted by Crippen LogP contribution is 2.31. The maximum atomic E-state index is 11.9. The lowest BCUT2D eigenvalue weighted by Crippen LogP contribution is -2.28. The molecule has 0 fully saturated rings. The molecule has 0 radical (unpaired) electrons. The van der Waals surface area contributed by atoms with Gasteiger partial charge in [0.05, 0.1) is 20.6 Å². The Hall–Kier alpha value is -1.71. The molecule has 0 unspecified atom stereocenters. The molecule has 1 aromatic rings. The molecule has 0 aliphatic heterocycles. The molecule has 0 bridgehead atoms. The highest BCUT2D eigenvalue weighted by atomic mass is 16.5. The van der Waals surface area contributed by atoms with Crippen LogP contribution in [0.4, 0.5) is 0 Å². The molecule has 0 aliphatic carbocycles. The van der Waals surface area contributed by atoms with E-state index in [2.05, 4.69) is 19.2 Å². The van der Waals surface area contributed by atoms with Crippen LogP contribution in [0.15, 0.2) is 12.1 Å². The molecule has 0 heterocycles. The van der Waals surface area contributed by atoms with Gasteiger partial charge in [0.2, 0.25) is 5.91 Å². The average molecular weight is 265 g/mol. The van der Waals surface area contributed by atoms with E-state index in [1.165, 1.54) is 0 Å². The lowest BCUT2D eigenvalue weighted by Gasteiger charge is -2.14. The van der Waals surface area contributed by atoms with E-state index < -0.39 is 0 Å². The molecule has 0 saturated heterocycles. The predicted molar refractivity (Wildman–Crippen MR) is 75.8 cm³/mol. The van der Waals surface area contributed by atoms with Crippen LogP contribution in [0.25, 0.3) is 0 Å². The van der Waals surface area contributed by atoms with Crippen LogP contribution in [0.2, 0.25) is 0 Å². The van der Waals surface area contributed by atoms with E-state index in [1.54, 1.807) is 14.2 Å². The standard InChI is InChI=1S/C15H23NO3/c1-10(2)9-16-14(17)8-12-6-7-13(18-4)11(3)15(12)19-5/h6-7,10H,8-9H2,1-5H3,(H,16,17). The SMILES string of the molecule is COc1ccc(CC(=O)NCC(C)C)c(OC)c1C. The Labute approximate surface area is 115 Å². The zero-order chi connectivity index (χ0) is 14.4. The molecule has 0 saturated carbocycles. The largest absolute Gasteiger partial charge is 0.496 e. The molecular formula is C15H23NO3. The molecule has 4 nitrogen and oxygen atoms in total. The minimum atomic E-state index is 0.0107. The van der Waals surface area contributed by atoms with Crippen molar-refractivity contribution >= 4 is 5.91 Å². The van der Waals surface area contributed by atoms with Gasteiger partial charge >= 0.3 is 0 Å². The van der Waals surface area contributed by atoms with Crippen molar-refractivity contribution in [3.05, 3.63) is 23.3 Å². The topological polar surface area (TPSA) is 47.6 Å². The number of ether oxygens (including phenoxy) is 2. The van der Waals surface area contributed by atoms with Crippen molar-refractivity contribution in [1.82, 2.24) is 5.32 Å². The molecule has 0 aromatic heterocycles. The summed E-state index contributed by atoms with van der Waals surface area (Å²) in [5, 5.41) is 2.90. The van der Waals surface area contributed by atoms with E-state index in [0.717, 1.165) is 22.6 Å². The van der Waals surface area contributed by atoms with Crippen LogP contribution in [-0.2, 0) is 11.2 Å². The maximum absolute atomic E-state index is 11.9. The van der Waals surface area contributed by atoms with Gasteiger partial charge < -0.3 is 14.8 Å². The van der Waals surface area contributed by atoms with Gasteiger partial charge in [-0.3, -0.25) is 4.79 Å². The quantitative estimate of drug-likeness (QED) is 0.858. The molecule has 106 valence electrons. The maximum Gasteiger partial charge on any atom is 0.224 e. The number of hydrogen-bond donors (Lipinski definition) is 1. The monoisotopic (exact) mass is 265 g/mol. The van der Waals surface area contributed by atoms with Gasteiger partial charge in [-0.15, -0.1) is 0 Å². The second kappa shape index (κ2) is 7.02. The summed E-state index contributed by atoms with van der Waals surface area (Å²) >= 11 is 0. The summed E-state index contributed by atoms with van der Waals surface area (Å²) in [6, 6.07) is 3.74. The molecule has 1 N–H and O–H groups in total. The van der Waals surface area contributed by atoms with Gasteiger partial charge in [0.15, 0.2) is 0 Å². The van der Waals surface area contributed by atoms with Gasteiger partial charge in [-0.25, -0.2) is 0 Å². The van der Waals surface area contributed by atoms with Crippen LogP contribution >= 0.6 is 0 Å². The predicted octanol–water partition coefficient (Wildman–Crippen LogP) is 2.33. The van der Waals surface area contributed by atoms with Gasteiger partial charge in [-0.05, 0) is 18.9 Å². The van der Waals surface area contributed by atoms with Crippen molar-refractivity contribution in [2.45, 2.75) is 27.2 Å². The summed E-state index contributed by atoms with van der Waals surface area (Å²) in [4.78, 5) is 11.9. The van der Waals surface area contributed by atoms with Gasteiger partial charge in [0.1, 0.15) is 11.5 Å². The summed E-state index contributed by atoms with van der Waals surface area (Å²) in [5.41, 5.74) is 1.79. The Balaban J connectivity index is 2.83. The summed E-state index contributed by atoms with van der Waals surface area (Å²) in [6.07, 6.45) is 0.320. The smallest absolute Gasteiger partial charge is 0.224 e. The number of benzene rings is 1. The lowest BCUT2D eigenvalue weighted by molar-refractivity contribution is -0.120. The van der Waals surface area contributed by atoms with Gasteiger partial charge in [-0.1, -0.05) is 19.9 Å². The molecule has 1 aromatic carbocycles. The number of carbonyl (C=O) groups is 1. The third kappa shape index (κ3) is 4.16. The molecular weight excluding hydrogens is 242 g/mol. The number of rotatable bonds is 6. The second-order valence-electron chi connectivity index (χ2n) is 4.96. The van der Waals surface area contributed by atoms with Gasteiger partial charge in [0, 0.05) is 17.7 Å². The zero-order valence-electron chi connectivity index (χ0n) is 12.4. The van der Waals surface area contributed by atoms with Crippen LogP contribution in [0.5, 0.6) is 11.5 Å². The minimum Gasteiger partial charge on any atom is -0.496 e. The fraction of sp³-hybridized carbons (Fsp3) is 0.533. The fourth-order valence-corrected chi connectivity index (χ4v) is 1.93. The average Bonchev–Trinajstić information content (AvgIpc) is 2.37. The van der Waals surface area contributed by atoms with Crippen molar-refractivity contribution in [1.29, 1.82) is 0 Å². The van der Waals surface area contributed by atoms with Crippen LogP contribution < -0.4 is 14.8 Å². The van der Waals surface area contributed by atoms with Crippen molar-refractivity contribution in [3.63, 3.8) is 0 Å². The van der Waals surface area contributed by atoms with Crippen molar-refractivity contribution in [3.8, 4) is 11.5 Å². The Kier molecular flexibility index (Phi) is 5.67. The minimum absolute atomic E-state index is 0.0107. The van der Waals surface area contributed by atoms with E-state index in [0.29, 0.717) is 18.9 Å². The third-order valence-corrected chi connectivity index (χ3v) is 2.92. The van der Waals surface area contributed by atoms with E-state index in [1.807, 2.05) is 19.1 Å². The molecule has 0 aliphatic rings. The molecule has 1 rings (SSSR count). The van der Waals surface area contributed by atoms with Crippen molar-refractivity contribution < 1.29 is 14.3 Å². The van der Waals surface area contributed by atoms with Crippen molar-refractivity contribution in [2.24, 2.45) is 5.92 Å². The fourth-order valence-electron chi connectivity index (χ4n) is 1.93. The third-order valence-electron chi connectivity index (χ3n) is 2.92. The van der Waals surface area contributed by atoms with E-state index in [-0.39, 0.29) is 5.91 Å². The first-order valence-corrected chi connectivity index (χ1v) is 6.46. The Morgan fingerprint density at radius 3 is 2.47 bits per heavy atom. The molecule has 19 heavy (non-hydrogen) atoms. The molecule has 0 atom stereocenters. The number of hydrogen-bond acceptors (Lipinski definition) is 3. The summed E-state index contributed by atoms with van der Waals surface area (Å²) in [7, 11) is 3.23. The lowest BCUT2D eigenvalue weighted by atomic mass is 10.1. The van der Waals surface area contributed by atoms with Gasteiger partial charge in [-0.2, -0.15) is 0 Å². The van der Waals surface area contributed by atoms with Crippen LogP contribution in [-0.4, -0.2) is 26.7 Å². The normalized spacial score (nSPS) is 10.4. The van der Waals surface area contributed by atoms with Crippen LogP contribution in [0.1, 0.15) is 25.0 Å². The van der Waals surface area contributed by atoms with E-state index >= 15 is 0 Å². The first-order valence-electron chi connectivity index (χ1n) is 6.46. The zero-order valence-corrected chi connectivity index (χ0v) is 12.4. The summed E-state index contributed by atoms with van der Waals surface area (Å²) in [5.74, 6) is 1.95. The number of amides is 1. The number of carbonyl (C=O) groups excluding carboxylic acids is 1. The van der Waals surface area contributed by atoms with Crippen molar-refractivity contribution in [2.75, 3.05) is 20.8 Å². The molecule has 0 spiro atoms. The van der Waals surface area contributed by atoms with Gasteiger partial charge in [0.25, 0.3) is 0 Å². The number of methoxy groups -OCH3 is 2. The Morgan fingerprint density at radius 1 is 1.26 bits per heavy atom. The second-order valence-corrected chi connectivity index (χ2v) is 4.96. The Morgan fingerprint density at radius 2 is 1.95 bits per heavy atom.